The number of pyridine rings is 1. The number of rotatable bonds is 6. The molecule has 120 valence electrons. The van der Waals surface area contributed by atoms with Gasteiger partial charge < -0.3 is 10.1 Å². The fourth-order valence-electron chi connectivity index (χ4n) is 1.57. The molecule has 5 nitrogen and oxygen atoms in total. The summed E-state index contributed by atoms with van der Waals surface area (Å²) in [5.41, 5.74) is -0.881. The van der Waals surface area contributed by atoms with Crippen molar-refractivity contribution in [3.8, 4) is 5.88 Å². The van der Waals surface area contributed by atoms with Gasteiger partial charge in [-0.2, -0.15) is 17.5 Å². The van der Waals surface area contributed by atoms with Crippen molar-refractivity contribution in [2.24, 2.45) is 0 Å². The van der Waals surface area contributed by atoms with Crippen LogP contribution in [0.25, 0.3) is 0 Å². The minimum atomic E-state index is -4.48. The molecule has 0 aromatic carbocycles. The molecule has 9 heteroatoms. The van der Waals surface area contributed by atoms with Gasteiger partial charge in [0.1, 0.15) is 18.0 Å². The summed E-state index contributed by atoms with van der Waals surface area (Å²) in [7, 11) is 0. The fourth-order valence-corrected chi connectivity index (χ4v) is 2.30. The monoisotopic (exact) mass is 332 g/mol. The number of nitrogens with one attached hydrogen (secondary N) is 1. The van der Waals surface area contributed by atoms with Crippen molar-refractivity contribution in [3.05, 3.63) is 29.7 Å². The van der Waals surface area contributed by atoms with Gasteiger partial charge in [-0.25, -0.2) is 9.97 Å². The maximum Gasteiger partial charge on any atom is 0.421 e. The Morgan fingerprint density at radius 3 is 2.77 bits per heavy atom. The number of aromatic nitrogens is 3. The molecule has 2 heterocycles. The second-order valence-electron chi connectivity index (χ2n) is 4.74. The largest absolute Gasteiger partial charge is 0.475 e. The van der Waals surface area contributed by atoms with Crippen LogP contribution < -0.4 is 10.1 Å². The second-order valence-corrected chi connectivity index (χ2v) is 5.49. The minimum Gasteiger partial charge on any atom is -0.475 e. The van der Waals surface area contributed by atoms with E-state index in [0.717, 1.165) is 11.9 Å². The molecular formula is C13H15F3N4OS. The Kier molecular flexibility index (Phi) is 5.17. The Balaban J connectivity index is 1.86. The molecule has 0 spiro atoms. The highest BCUT2D eigenvalue weighted by molar-refractivity contribution is 7.09. The van der Waals surface area contributed by atoms with Gasteiger partial charge in [0, 0.05) is 23.6 Å². The molecule has 0 radical (unpaired) electrons. The summed E-state index contributed by atoms with van der Waals surface area (Å²) in [6, 6.07) is 2.16. The van der Waals surface area contributed by atoms with E-state index in [1.54, 1.807) is 0 Å². The molecule has 2 aromatic rings. The van der Waals surface area contributed by atoms with Crippen LogP contribution in [0.2, 0.25) is 0 Å². The Labute approximate surface area is 129 Å². The molecule has 2 rings (SSSR count). The van der Waals surface area contributed by atoms with Gasteiger partial charge in [0.15, 0.2) is 0 Å². The first kappa shape index (κ1) is 16.5. The van der Waals surface area contributed by atoms with Crippen LogP contribution in [0.3, 0.4) is 0 Å². The van der Waals surface area contributed by atoms with Crippen LogP contribution in [0.4, 0.5) is 18.3 Å². The standard InChI is InChI=1S/C13H15F3N4OS/c1-8(2)10-19-12(22-20-10)18-6-7-21-11-9(13(14,15)16)4-3-5-17-11/h3-5,8H,6-7H2,1-2H3,(H,18,19,20). The molecule has 0 unspecified atom stereocenters. The van der Waals surface area contributed by atoms with Gasteiger partial charge in [-0.1, -0.05) is 13.8 Å². The molecule has 0 amide bonds. The molecule has 0 aliphatic heterocycles. The van der Waals surface area contributed by atoms with Crippen molar-refractivity contribution in [1.29, 1.82) is 0 Å². The van der Waals surface area contributed by atoms with Crippen molar-refractivity contribution in [2.45, 2.75) is 25.9 Å². The number of alkyl halides is 3. The van der Waals surface area contributed by atoms with Gasteiger partial charge in [0.2, 0.25) is 11.0 Å². The fraction of sp³-hybridized carbons (Fsp3) is 0.462. The molecule has 22 heavy (non-hydrogen) atoms. The Morgan fingerprint density at radius 2 is 2.14 bits per heavy atom. The zero-order valence-electron chi connectivity index (χ0n) is 12.0. The zero-order valence-corrected chi connectivity index (χ0v) is 12.8. The molecule has 0 fully saturated rings. The second kappa shape index (κ2) is 6.91. The lowest BCUT2D eigenvalue weighted by Gasteiger charge is -2.12. The number of hydrogen-bond donors (Lipinski definition) is 1. The van der Waals surface area contributed by atoms with E-state index in [1.807, 2.05) is 13.8 Å². The molecule has 0 bridgehead atoms. The lowest BCUT2D eigenvalue weighted by molar-refractivity contribution is -0.139. The minimum absolute atomic E-state index is 0.0384. The molecular weight excluding hydrogens is 317 g/mol. The van der Waals surface area contributed by atoms with Crippen molar-refractivity contribution < 1.29 is 17.9 Å². The summed E-state index contributed by atoms with van der Waals surface area (Å²) < 4.78 is 47.5. The Hall–Kier alpha value is -1.90. The normalized spacial score (nSPS) is 11.7. The molecule has 0 saturated heterocycles. The van der Waals surface area contributed by atoms with Crippen LogP contribution in [0.1, 0.15) is 31.2 Å². The third kappa shape index (κ3) is 4.30. The lowest BCUT2D eigenvalue weighted by Crippen LogP contribution is -2.15. The van der Waals surface area contributed by atoms with E-state index >= 15 is 0 Å². The van der Waals surface area contributed by atoms with Crippen LogP contribution in [0.15, 0.2) is 18.3 Å². The highest BCUT2D eigenvalue weighted by Crippen LogP contribution is 2.34. The number of halogens is 3. The van der Waals surface area contributed by atoms with E-state index < -0.39 is 17.6 Å². The summed E-state index contributed by atoms with van der Waals surface area (Å²) in [6.07, 6.45) is -3.22. The first-order valence-electron chi connectivity index (χ1n) is 6.60. The SMILES string of the molecule is CC(C)c1nsc(NCCOc2ncccc2C(F)(F)F)n1. The summed E-state index contributed by atoms with van der Waals surface area (Å²) >= 11 is 1.21. The molecule has 0 saturated carbocycles. The van der Waals surface area contributed by atoms with Crippen molar-refractivity contribution in [2.75, 3.05) is 18.5 Å². The summed E-state index contributed by atoms with van der Waals surface area (Å²) in [4.78, 5) is 7.88. The molecule has 0 atom stereocenters. The molecule has 0 aliphatic carbocycles. The Bertz CT molecular complexity index is 615. The predicted octanol–water partition coefficient (Wildman–Crippen LogP) is 3.57. The maximum atomic E-state index is 12.7. The lowest BCUT2D eigenvalue weighted by atomic mass is 10.2. The number of anilines is 1. The van der Waals surface area contributed by atoms with Crippen molar-refractivity contribution in [1.82, 2.24) is 14.3 Å². The summed E-state index contributed by atoms with van der Waals surface area (Å²) in [5.74, 6) is 0.542. The summed E-state index contributed by atoms with van der Waals surface area (Å²) in [5, 5.41) is 3.57. The van der Waals surface area contributed by atoms with Crippen LogP contribution in [-0.2, 0) is 6.18 Å². The van der Waals surface area contributed by atoms with Gasteiger partial charge in [-0.3, -0.25) is 0 Å². The maximum absolute atomic E-state index is 12.7. The topological polar surface area (TPSA) is 59.9 Å². The van der Waals surface area contributed by atoms with Crippen molar-refractivity contribution >= 4 is 16.7 Å². The van der Waals surface area contributed by atoms with Gasteiger partial charge >= 0.3 is 6.18 Å². The van der Waals surface area contributed by atoms with Crippen molar-refractivity contribution in [3.63, 3.8) is 0 Å². The van der Waals surface area contributed by atoms with E-state index in [1.165, 1.54) is 23.8 Å². The molecule has 0 aliphatic rings. The highest BCUT2D eigenvalue weighted by Gasteiger charge is 2.34. The van der Waals surface area contributed by atoms with Gasteiger partial charge in [0.05, 0.1) is 6.54 Å². The van der Waals surface area contributed by atoms with Crippen LogP contribution in [0.5, 0.6) is 5.88 Å². The number of nitrogens with zero attached hydrogens (tertiary/aromatic N) is 3. The summed E-state index contributed by atoms with van der Waals surface area (Å²) in [6.45, 7) is 4.31. The van der Waals surface area contributed by atoms with E-state index in [4.69, 9.17) is 4.74 Å². The van der Waals surface area contributed by atoms with E-state index in [9.17, 15) is 13.2 Å². The van der Waals surface area contributed by atoms with Crippen LogP contribution in [-0.4, -0.2) is 27.5 Å². The molecule has 2 aromatic heterocycles. The Morgan fingerprint density at radius 1 is 1.36 bits per heavy atom. The van der Waals surface area contributed by atoms with Crippen LogP contribution >= 0.6 is 11.5 Å². The first-order valence-corrected chi connectivity index (χ1v) is 7.37. The van der Waals surface area contributed by atoms with Gasteiger partial charge in [-0.15, -0.1) is 0 Å². The van der Waals surface area contributed by atoms with E-state index in [2.05, 4.69) is 19.7 Å². The van der Waals surface area contributed by atoms with Crippen LogP contribution in [0, 0.1) is 0 Å². The molecule has 1 N–H and O–H groups in total. The van der Waals surface area contributed by atoms with E-state index in [0.29, 0.717) is 11.7 Å². The van der Waals surface area contributed by atoms with Gasteiger partial charge in [-0.05, 0) is 12.1 Å². The average Bonchev–Trinajstić information content (AvgIpc) is 2.92. The third-order valence-corrected chi connectivity index (χ3v) is 3.34. The first-order chi connectivity index (χ1) is 10.4. The third-order valence-electron chi connectivity index (χ3n) is 2.65. The number of hydrogen-bond acceptors (Lipinski definition) is 6. The quantitative estimate of drug-likeness (QED) is 0.820. The zero-order chi connectivity index (χ0) is 16.2. The smallest absolute Gasteiger partial charge is 0.421 e. The highest BCUT2D eigenvalue weighted by atomic mass is 32.1. The van der Waals surface area contributed by atoms with E-state index in [-0.39, 0.29) is 12.5 Å². The van der Waals surface area contributed by atoms with Gasteiger partial charge in [0.25, 0.3) is 0 Å². The predicted molar refractivity (Wildman–Crippen MR) is 77.2 cm³/mol. The average molecular weight is 332 g/mol. The number of ether oxygens (including phenoxy) is 1.